The number of rotatable bonds is 1. The van der Waals surface area contributed by atoms with Gasteiger partial charge in [0.15, 0.2) is 0 Å². The number of nitrogens with zero attached hydrogens (tertiary/aromatic N) is 1. The average Bonchev–Trinajstić information content (AvgIpc) is 2.68. The van der Waals surface area contributed by atoms with Crippen LogP contribution in [0.2, 0.25) is 0 Å². The molecule has 0 unspecified atom stereocenters. The Labute approximate surface area is 103 Å². The topological polar surface area (TPSA) is 87.7 Å². The van der Waals surface area contributed by atoms with Gasteiger partial charge in [0.1, 0.15) is 5.69 Å². The number of fused-ring (bicyclic) bond motifs is 1. The molecular weight excluding hydrogens is 254 g/mol. The van der Waals surface area contributed by atoms with E-state index in [0.29, 0.717) is 5.39 Å². The van der Waals surface area contributed by atoms with Gasteiger partial charge >= 0.3 is 5.69 Å². The van der Waals surface area contributed by atoms with E-state index in [1.165, 1.54) is 10.2 Å². The van der Waals surface area contributed by atoms with E-state index in [-0.39, 0.29) is 11.2 Å². The average molecular weight is 261 g/mol. The molecule has 0 radical (unpaired) electrons. The van der Waals surface area contributed by atoms with E-state index in [4.69, 9.17) is 0 Å². The van der Waals surface area contributed by atoms with Crippen LogP contribution in [-0.4, -0.2) is 13.9 Å². The second-order valence-electron chi connectivity index (χ2n) is 3.64. The first kappa shape index (κ1) is 10.7. The standard InChI is InChI=1S/C11H7N3O3S/c15-9-7(5-12-11(17)13-9)14-10(16)6-3-1-2-4-8(6)18-14/h1-5H,(H2,12,13,15,17). The molecule has 3 rings (SSSR count). The molecule has 0 saturated carbocycles. The van der Waals surface area contributed by atoms with Crippen molar-refractivity contribution in [2.75, 3.05) is 0 Å². The van der Waals surface area contributed by atoms with Crippen LogP contribution in [0, 0.1) is 0 Å². The molecular formula is C11H7N3O3S. The molecule has 2 heterocycles. The van der Waals surface area contributed by atoms with Crippen molar-refractivity contribution < 1.29 is 0 Å². The third kappa shape index (κ3) is 1.52. The Bertz CT molecular complexity index is 900. The molecule has 0 saturated heterocycles. The van der Waals surface area contributed by atoms with E-state index in [9.17, 15) is 14.4 Å². The summed E-state index contributed by atoms with van der Waals surface area (Å²) in [5.41, 5.74) is -1.35. The fourth-order valence-electron chi connectivity index (χ4n) is 1.68. The monoisotopic (exact) mass is 261 g/mol. The summed E-state index contributed by atoms with van der Waals surface area (Å²) < 4.78 is 2.05. The molecule has 0 amide bonds. The highest BCUT2D eigenvalue weighted by molar-refractivity contribution is 7.14. The largest absolute Gasteiger partial charge is 0.325 e. The fraction of sp³-hybridized carbons (Fsp3) is 0. The van der Waals surface area contributed by atoms with Crippen LogP contribution in [0.1, 0.15) is 0 Å². The van der Waals surface area contributed by atoms with Gasteiger partial charge in [0.05, 0.1) is 10.1 Å². The number of aromatic nitrogens is 3. The Morgan fingerprint density at radius 3 is 2.61 bits per heavy atom. The molecule has 7 heteroatoms. The molecule has 2 N–H and O–H groups in total. The van der Waals surface area contributed by atoms with Gasteiger partial charge in [-0.2, -0.15) is 0 Å². The van der Waals surface area contributed by atoms with Crippen LogP contribution in [0.4, 0.5) is 0 Å². The first-order valence-electron chi connectivity index (χ1n) is 5.10. The van der Waals surface area contributed by atoms with Crippen molar-refractivity contribution in [3.8, 4) is 5.69 Å². The molecule has 0 aliphatic carbocycles. The number of nitrogens with one attached hydrogen (secondary N) is 2. The maximum absolute atomic E-state index is 12.1. The van der Waals surface area contributed by atoms with Crippen LogP contribution in [0.5, 0.6) is 0 Å². The predicted molar refractivity (Wildman–Crippen MR) is 68.7 cm³/mol. The highest BCUT2D eigenvalue weighted by Gasteiger charge is 2.11. The van der Waals surface area contributed by atoms with Crippen LogP contribution in [0.15, 0.2) is 44.8 Å². The minimum absolute atomic E-state index is 0.112. The minimum atomic E-state index is -0.599. The zero-order valence-electron chi connectivity index (χ0n) is 8.97. The van der Waals surface area contributed by atoms with Gasteiger partial charge in [0, 0.05) is 6.20 Å². The zero-order valence-corrected chi connectivity index (χ0v) is 9.78. The molecule has 1 aromatic carbocycles. The summed E-state index contributed by atoms with van der Waals surface area (Å²) in [6.07, 6.45) is 1.23. The van der Waals surface area contributed by atoms with E-state index >= 15 is 0 Å². The number of hydrogen-bond donors (Lipinski definition) is 2. The molecule has 6 nitrogen and oxygen atoms in total. The summed E-state index contributed by atoms with van der Waals surface area (Å²) in [6.45, 7) is 0. The summed E-state index contributed by atoms with van der Waals surface area (Å²) in [6, 6.07) is 7.08. The van der Waals surface area contributed by atoms with Crippen molar-refractivity contribution in [3.05, 3.63) is 61.7 Å². The molecule has 3 aromatic rings. The van der Waals surface area contributed by atoms with Gasteiger partial charge in [-0.05, 0) is 12.1 Å². The lowest BCUT2D eigenvalue weighted by Gasteiger charge is -1.96. The molecule has 0 atom stereocenters. The van der Waals surface area contributed by atoms with E-state index < -0.39 is 11.2 Å². The third-order valence-electron chi connectivity index (χ3n) is 2.51. The van der Waals surface area contributed by atoms with Gasteiger partial charge in [-0.25, -0.2) is 8.75 Å². The quantitative estimate of drug-likeness (QED) is 0.665. The molecule has 0 bridgehead atoms. The molecule has 0 aliphatic rings. The van der Waals surface area contributed by atoms with Crippen LogP contribution < -0.4 is 16.8 Å². The van der Waals surface area contributed by atoms with E-state index in [0.717, 1.165) is 16.2 Å². The molecule has 90 valence electrons. The maximum Gasteiger partial charge on any atom is 0.325 e. The molecule has 0 fully saturated rings. The lowest BCUT2D eigenvalue weighted by Crippen LogP contribution is -2.27. The van der Waals surface area contributed by atoms with Crippen LogP contribution in [-0.2, 0) is 0 Å². The Morgan fingerprint density at radius 1 is 1.11 bits per heavy atom. The third-order valence-corrected chi connectivity index (χ3v) is 3.61. The van der Waals surface area contributed by atoms with Crippen molar-refractivity contribution >= 4 is 21.6 Å². The SMILES string of the molecule is O=c1[nH]cc(-n2sc3ccccc3c2=O)c(=O)[nH]1. The smallest absolute Gasteiger partial charge is 0.312 e. The second kappa shape index (κ2) is 3.81. The molecule has 2 aromatic heterocycles. The van der Waals surface area contributed by atoms with Gasteiger partial charge in [0.2, 0.25) is 0 Å². The molecule has 0 aliphatic heterocycles. The Hall–Kier alpha value is -2.41. The van der Waals surface area contributed by atoms with Gasteiger partial charge in [0.25, 0.3) is 11.1 Å². The highest BCUT2D eigenvalue weighted by atomic mass is 32.1. The van der Waals surface area contributed by atoms with Crippen molar-refractivity contribution in [1.29, 1.82) is 0 Å². The van der Waals surface area contributed by atoms with E-state index in [2.05, 4.69) is 9.97 Å². The van der Waals surface area contributed by atoms with Crippen LogP contribution in [0.3, 0.4) is 0 Å². The Balaban J connectivity index is 2.39. The highest BCUT2D eigenvalue weighted by Crippen LogP contribution is 2.17. The lowest BCUT2D eigenvalue weighted by molar-refractivity contribution is 0.978. The van der Waals surface area contributed by atoms with E-state index in [1.807, 2.05) is 6.07 Å². The summed E-state index contributed by atoms with van der Waals surface area (Å²) in [5.74, 6) is 0. The summed E-state index contributed by atoms with van der Waals surface area (Å²) in [4.78, 5) is 39.1. The van der Waals surface area contributed by atoms with Crippen molar-refractivity contribution in [1.82, 2.24) is 13.9 Å². The van der Waals surface area contributed by atoms with Gasteiger partial charge in [-0.1, -0.05) is 23.7 Å². The number of benzene rings is 1. The second-order valence-corrected chi connectivity index (χ2v) is 4.63. The number of aromatic amines is 2. The zero-order chi connectivity index (χ0) is 12.7. The number of H-pyrrole nitrogens is 2. The lowest BCUT2D eigenvalue weighted by atomic mass is 10.3. The summed E-state index contributed by atoms with van der Waals surface area (Å²) in [5, 5.41) is 0.549. The maximum atomic E-state index is 12.1. The first-order chi connectivity index (χ1) is 8.66. The predicted octanol–water partition coefficient (Wildman–Crippen LogP) is 0.429. The van der Waals surface area contributed by atoms with Gasteiger partial charge in [-0.15, -0.1) is 0 Å². The molecule has 0 spiro atoms. The van der Waals surface area contributed by atoms with Crippen molar-refractivity contribution in [2.45, 2.75) is 0 Å². The van der Waals surface area contributed by atoms with Crippen molar-refractivity contribution in [2.24, 2.45) is 0 Å². The van der Waals surface area contributed by atoms with Crippen LogP contribution >= 0.6 is 11.5 Å². The summed E-state index contributed by atoms with van der Waals surface area (Å²) in [7, 11) is 0. The first-order valence-corrected chi connectivity index (χ1v) is 5.87. The number of hydrogen-bond acceptors (Lipinski definition) is 4. The minimum Gasteiger partial charge on any atom is -0.312 e. The Kier molecular flexibility index (Phi) is 2.27. The van der Waals surface area contributed by atoms with Crippen LogP contribution in [0.25, 0.3) is 15.8 Å². The normalized spacial score (nSPS) is 10.9. The fourth-order valence-corrected chi connectivity index (χ4v) is 2.69. The summed E-state index contributed by atoms with van der Waals surface area (Å²) >= 11 is 1.16. The Morgan fingerprint density at radius 2 is 1.89 bits per heavy atom. The van der Waals surface area contributed by atoms with Crippen molar-refractivity contribution in [3.63, 3.8) is 0 Å². The van der Waals surface area contributed by atoms with E-state index in [1.54, 1.807) is 18.2 Å². The molecule has 18 heavy (non-hydrogen) atoms. The van der Waals surface area contributed by atoms with Gasteiger partial charge in [-0.3, -0.25) is 14.6 Å². The van der Waals surface area contributed by atoms with Gasteiger partial charge < -0.3 is 4.98 Å².